The molecule has 8 nitrogen and oxygen atoms in total. The highest BCUT2D eigenvalue weighted by molar-refractivity contribution is 5.80. The van der Waals surface area contributed by atoms with Crippen molar-refractivity contribution >= 4 is 22.7 Å². The van der Waals surface area contributed by atoms with Gasteiger partial charge in [0, 0.05) is 19.2 Å². The highest BCUT2D eigenvalue weighted by atomic mass is 16.2. The average Bonchev–Trinajstić information content (AvgIpc) is 3.15. The predicted molar refractivity (Wildman–Crippen MR) is 105 cm³/mol. The number of amides is 1. The van der Waals surface area contributed by atoms with E-state index < -0.39 is 0 Å². The van der Waals surface area contributed by atoms with Gasteiger partial charge in [0.25, 0.3) is 5.56 Å². The fourth-order valence-corrected chi connectivity index (χ4v) is 3.27. The summed E-state index contributed by atoms with van der Waals surface area (Å²) in [5.41, 5.74) is 3.08. The maximum absolute atomic E-state index is 13.0. The van der Waals surface area contributed by atoms with E-state index >= 15 is 0 Å². The number of aryl methyl sites for hydroxylation is 2. The highest BCUT2D eigenvalue weighted by Gasteiger charge is 2.18. The minimum atomic E-state index is -0.362. The molecular weight excluding hydrogens is 356 g/mol. The van der Waals surface area contributed by atoms with Gasteiger partial charge >= 0.3 is 0 Å². The predicted octanol–water partition coefficient (Wildman–Crippen LogP) is 1.63. The summed E-state index contributed by atoms with van der Waals surface area (Å²) in [5.74, 6) is 0.405. The summed E-state index contributed by atoms with van der Waals surface area (Å²) in [6.45, 7) is 4.23. The molecule has 0 saturated carbocycles. The quantitative estimate of drug-likeness (QED) is 0.571. The summed E-state index contributed by atoms with van der Waals surface area (Å²) in [6, 6.07) is 11.4. The van der Waals surface area contributed by atoms with Crippen molar-refractivity contribution in [3.05, 3.63) is 69.9 Å². The van der Waals surface area contributed by atoms with Crippen LogP contribution in [0.4, 0.5) is 0 Å². The second-order valence-corrected chi connectivity index (χ2v) is 6.57. The Bertz CT molecular complexity index is 1240. The van der Waals surface area contributed by atoms with Gasteiger partial charge in [-0.3, -0.25) is 18.6 Å². The Kier molecular flexibility index (Phi) is 4.60. The minimum absolute atomic E-state index is 0.113. The number of aromatic nitrogens is 5. The molecule has 1 N–H and O–H groups in total. The van der Waals surface area contributed by atoms with Gasteiger partial charge in [0.15, 0.2) is 5.65 Å². The lowest BCUT2D eigenvalue weighted by atomic mass is 10.1. The first-order valence-electron chi connectivity index (χ1n) is 9.13. The van der Waals surface area contributed by atoms with E-state index in [-0.39, 0.29) is 23.7 Å². The van der Waals surface area contributed by atoms with E-state index in [0.717, 1.165) is 11.1 Å². The summed E-state index contributed by atoms with van der Waals surface area (Å²) in [7, 11) is 0. The fourth-order valence-electron chi connectivity index (χ4n) is 3.27. The Morgan fingerprint density at radius 2 is 1.93 bits per heavy atom. The van der Waals surface area contributed by atoms with E-state index in [0.29, 0.717) is 30.0 Å². The van der Waals surface area contributed by atoms with Crippen LogP contribution in [-0.4, -0.2) is 30.1 Å². The van der Waals surface area contributed by atoms with Crippen LogP contribution in [0.3, 0.4) is 0 Å². The summed E-state index contributed by atoms with van der Waals surface area (Å²) in [4.78, 5) is 29.9. The van der Waals surface area contributed by atoms with Crippen molar-refractivity contribution in [2.75, 3.05) is 0 Å². The zero-order valence-corrected chi connectivity index (χ0v) is 15.7. The number of pyridine rings is 1. The van der Waals surface area contributed by atoms with E-state index in [1.165, 1.54) is 4.57 Å². The van der Waals surface area contributed by atoms with E-state index in [1.807, 2.05) is 38.1 Å². The standard InChI is InChI=1S/C20H20N6O2/c1-3-16-23-24-19-20(28)25(15-9-6-10-21-18(15)26(16)19)12-17(27)22-11-14-8-5-4-7-13(14)2/h4-10H,3,11-12H2,1-2H3,(H,22,27). The second kappa shape index (κ2) is 7.22. The normalized spacial score (nSPS) is 11.2. The number of hydrogen-bond donors (Lipinski definition) is 1. The van der Waals surface area contributed by atoms with Crippen LogP contribution in [-0.2, 0) is 24.3 Å². The summed E-state index contributed by atoms with van der Waals surface area (Å²) in [5, 5.41) is 11.0. The van der Waals surface area contributed by atoms with Gasteiger partial charge in [-0.15, -0.1) is 10.2 Å². The van der Waals surface area contributed by atoms with Crippen LogP contribution in [0.5, 0.6) is 0 Å². The third-order valence-corrected chi connectivity index (χ3v) is 4.79. The molecule has 4 aromatic rings. The molecule has 3 heterocycles. The van der Waals surface area contributed by atoms with E-state index in [1.54, 1.807) is 22.7 Å². The molecule has 0 aliphatic carbocycles. The number of nitrogens with zero attached hydrogens (tertiary/aromatic N) is 5. The van der Waals surface area contributed by atoms with Crippen molar-refractivity contribution in [2.24, 2.45) is 0 Å². The number of carbonyl (C=O) groups is 1. The number of hydrogen-bond acceptors (Lipinski definition) is 5. The topological polar surface area (TPSA) is 94.2 Å². The van der Waals surface area contributed by atoms with Crippen LogP contribution >= 0.6 is 0 Å². The average molecular weight is 376 g/mol. The second-order valence-electron chi connectivity index (χ2n) is 6.57. The minimum Gasteiger partial charge on any atom is -0.350 e. The van der Waals surface area contributed by atoms with Crippen molar-refractivity contribution in [1.29, 1.82) is 0 Å². The Labute approximate surface area is 160 Å². The van der Waals surface area contributed by atoms with Crippen molar-refractivity contribution in [1.82, 2.24) is 29.5 Å². The molecule has 0 spiro atoms. The summed E-state index contributed by atoms with van der Waals surface area (Å²) >= 11 is 0. The zero-order chi connectivity index (χ0) is 19.7. The molecular formula is C20H20N6O2. The highest BCUT2D eigenvalue weighted by Crippen LogP contribution is 2.13. The third-order valence-electron chi connectivity index (χ3n) is 4.79. The van der Waals surface area contributed by atoms with E-state index in [2.05, 4.69) is 20.5 Å². The van der Waals surface area contributed by atoms with Gasteiger partial charge in [0.1, 0.15) is 12.4 Å². The molecule has 0 aliphatic rings. The molecule has 0 radical (unpaired) electrons. The maximum atomic E-state index is 13.0. The van der Waals surface area contributed by atoms with Crippen LogP contribution in [0.25, 0.3) is 16.8 Å². The van der Waals surface area contributed by atoms with Crippen LogP contribution in [0.1, 0.15) is 23.9 Å². The van der Waals surface area contributed by atoms with Crippen LogP contribution < -0.4 is 10.9 Å². The zero-order valence-electron chi connectivity index (χ0n) is 15.7. The van der Waals surface area contributed by atoms with Crippen molar-refractivity contribution < 1.29 is 4.79 Å². The first-order valence-corrected chi connectivity index (χ1v) is 9.13. The van der Waals surface area contributed by atoms with E-state index in [4.69, 9.17) is 0 Å². The lowest BCUT2D eigenvalue weighted by Crippen LogP contribution is -2.33. The number of benzene rings is 1. The monoisotopic (exact) mass is 376 g/mol. The Hall–Kier alpha value is -3.55. The molecule has 0 fully saturated rings. The molecule has 4 rings (SSSR count). The lowest BCUT2D eigenvalue weighted by Gasteiger charge is -2.12. The molecule has 1 aromatic carbocycles. The van der Waals surface area contributed by atoms with Gasteiger partial charge in [-0.25, -0.2) is 4.98 Å². The van der Waals surface area contributed by atoms with Crippen LogP contribution in [0.15, 0.2) is 47.4 Å². The molecule has 0 atom stereocenters. The van der Waals surface area contributed by atoms with Gasteiger partial charge < -0.3 is 5.32 Å². The number of nitrogens with one attached hydrogen (secondary N) is 1. The van der Waals surface area contributed by atoms with Crippen molar-refractivity contribution in [3.63, 3.8) is 0 Å². The molecule has 0 bridgehead atoms. The molecule has 28 heavy (non-hydrogen) atoms. The van der Waals surface area contributed by atoms with Gasteiger partial charge in [-0.1, -0.05) is 31.2 Å². The Morgan fingerprint density at radius 1 is 1.11 bits per heavy atom. The SMILES string of the molecule is CCc1nnc2c(=O)n(CC(=O)NCc3ccccc3C)c3cccnc3n12. The number of fused-ring (bicyclic) bond motifs is 3. The molecule has 0 aliphatic heterocycles. The molecule has 0 saturated heterocycles. The van der Waals surface area contributed by atoms with Crippen LogP contribution in [0.2, 0.25) is 0 Å². The molecule has 1 amide bonds. The Morgan fingerprint density at radius 3 is 2.71 bits per heavy atom. The largest absolute Gasteiger partial charge is 0.350 e. The maximum Gasteiger partial charge on any atom is 0.297 e. The van der Waals surface area contributed by atoms with Crippen LogP contribution in [0, 0.1) is 6.92 Å². The number of carbonyl (C=O) groups excluding carboxylic acids is 1. The summed E-state index contributed by atoms with van der Waals surface area (Å²) in [6.07, 6.45) is 2.27. The number of rotatable bonds is 5. The lowest BCUT2D eigenvalue weighted by molar-refractivity contribution is -0.121. The first-order chi connectivity index (χ1) is 13.6. The van der Waals surface area contributed by atoms with Gasteiger partial charge in [0.05, 0.1) is 5.52 Å². The van der Waals surface area contributed by atoms with Crippen molar-refractivity contribution in [3.8, 4) is 0 Å². The smallest absolute Gasteiger partial charge is 0.297 e. The van der Waals surface area contributed by atoms with Crippen molar-refractivity contribution in [2.45, 2.75) is 33.4 Å². The molecule has 3 aromatic heterocycles. The van der Waals surface area contributed by atoms with Gasteiger partial charge in [-0.05, 0) is 30.2 Å². The van der Waals surface area contributed by atoms with E-state index in [9.17, 15) is 9.59 Å². The molecule has 8 heteroatoms. The first kappa shape index (κ1) is 17.8. The molecule has 142 valence electrons. The van der Waals surface area contributed by atoms with Gasteiger partial charge in [0.2, 0.25) is 11.6 Å². The Balaban J connectivity index is 1.70. The third kappa shape index (κ3) is 3.02. The fraction of sp³-hybridized carbons (Fsp3) is 0.250. The van der Waals surface area contributed by atoms with Gasteiger partial charge in [-0.2, -0.15) is 0 Å². The summed E-state index contributed by atoms with van der Waals surface area (Å²) < 4.78 is 3.07. The molecule has 0 unspecified atom stereocenters.